The zero-order chi connectivity index (χ0) is 19.6. The molecule has 0 fully saturated rings. The van der Waals surface area contributed by atoms with E-state index in [0.29, 0.717) is 0 Å². The number of para-hydroxylation sites is 1. The Labute approximate surface area is 161 Å². The summed E-state index contributed by atoms with van der Waals surface area (Å²) in [5.74, 6) is -0.816. The van der Waals surface area contributed by atoms with Crippen LogP contribution in [0.5, 0.6) is 11.5 Å². The van der Waals surface area contributed by atoms with Crippen LogP contribution in [0.3, 0.4) is 0 Å². The molecule has 0 radical (unpaired) electrons. The fourth-order valence-electron chi connectivity index (χ4n) is 2.54. The van der Waals surface area contributed by atoms with Gasteiger partial charge in [-0.2, -0.15) is 0 Å². The number of rotatable bonds is 7. The predicted octanol–water partition coefficient (Wildman–Crippen LogP) is 3.53. The number of fused-ring (bicyclic) bond motifs is 1. The van der Waals surface area contributed by atoms with Gasteiger partial charge < -0.3 is 9.47 Å². The molecule has 0 bridgehead atoms. The molecule has 1 N–H and O–H groups in total. The Morgan fingerprint density at radius 3 is 2.52 bits per heavy atom. The van der Waals surface area contributed by atoms with Gasteiger partial charge in [0.2, 0.25) is 10.0 Å². The molecule has 1 heterocycles. The van der Waals surface area contributed by atoms with Gasteiger partial charge in [-0.25, -0.2) is 22.5 Å². The molecule has 0 saturated heterocycles. The number of nitrogens with one attached hydrogen (secondary N) is 1. The largest absolute Gasteiger partial charge is 0.493 e. The second kappa shape index (κ2) is 7.79. The van der Waals surface area contributed by atoms with Gasteiger partial charge in [-0.15, -0.1) is 11.3 Å². The van der Waals surface area contributed by atoms with Gasteiger partial charge in [0.05, 0.1) is 29.4 Å². The topological polar surface area (TPSA) is 77.5 Å². The lowest BCUT2D eigenvalue weighted by Gasteiger charge is -2.14. The summed E-state index contributed by atoms with van der Waals surface area (Å²) >= 11 is 1.51. The SMILES string of the molecule is COc1cc(F)c(S(=O)(=O)NCC(C)c2nc3ccccc3s2)cc1OC. The predicted molar refractivity (Wildman–Crippen MR) is 103 cm³/mol. The van der Waals surface area contributed by atoms with Crippen LogP contribution in [-0.2, 0) is 10.0 Å². The van der Waals surface area contributed by atoms with Crippen molar-refractivity contribution in [3.05, 3.63) is 47.2 Å². The van der Waals surface area contributed by atoms with E-state index < -0.39 is 20.7 Å². The summed E-state index contributed by atoms with van der Waals surface area (Å²) in [6.07, 6.45) is 0. The third-order valence-corrected chi connectivity index (χ3v) is 6.75. The van der Waals surface area contributed by atoms with Gasteiger partial charge in [0, 0.05) is 24.6 Å². The summed E-state index contributed by atoms with van der Waals surface area (Å²) in [7, 11) is -1.36. The Morgan fingerprint density at radius 1 is 1.19 bits per heavy atom. The van der Waals surface area contributed by atoms with Gasteiger partial charge in [0.15, 0.2) is 11.5 Å². The Balaban J connectivity index is 1.80. The van der Waals surface area contributed by atoms with Crippen LogP contribution in [0.15, 0.2) is 41.3 Å². The smallest absolute Gasteiger partial charge is 0.243 e. The molecule has 27 heavy (non-hydrogen) atoms. The Morgan fingerprint density at radius 2 is 1.85 bits per heavy atom. The van der Waals surface area contributed by atoms with Gasteiger partial charge in [-0.3, -0.25) is 0 Å². The third-order valence-electron chi connectivity index (χ3n) is 4.04. The lowest BCUT2D eigenvalue weighted by molar-refractivity contribution is 0.350. The molecule has 6 nitrogen and oxygen atoms in total. The van der Waals surface area contributed by atoms with Crippen molar-refractivity contribution in [2.24, 2.45) is 0 Å². The number of hydrogen-bond acceptors (Lipinski definition) is 6. The molecule has 0 amide bonds. The summed E-state index contributed by atoms with van der Waals surface area (Å²) in [5.41, 5.74) is 0.873. The molecule has 3 rings (SSSR count). The van der Waals surface area contributed by atoms with Gasteiger partial charge in [0.1, 0.15) is 10.7 Å². The maximum atomic E-state index is 14.3. The zero-order valence-corrected chi connectivity index (χ0v) is 16.7. The molecule has 1 atom stereocenters. The van der Waals surface area contributed by atoms with Crippen molar-refractivity contribution in [1.29, 1.82) is 0 Å². The quantitative estimate of drug-likeness (QED) is 0.645. The van der Waals surface area contributed by atoms with Crippen LogP contribution in [0.4, 0.5) is 4.39 Å². The van der Waals surface area contributed by atoms with Crippen LogP contribution in [-0.4, -0.2) is 34.2 Å². The number of benzene rings is 2. The van der Waals surface area contributed by atoms with Crippen LogP contribution in [0.25, 0.3) is 10.2 Å². The third kappa shape index (κ3) is 4.05. The van der Waals surface area contributed by atoms with E-state index in [2.05, 4.69) is 9.71 Å². The first kappa shape index (κ1) is 19.5. The number of ether oxygens (including phenoxy) is 2. The van der Waals surface area contributed by atoms with Crippen LogP contribution in [0, 0.1) is 5.82 Å². The van der Waals surface area contributed by atoms with Gasteiger partial charge in [0.25, 0.3) is 0 Å². The van der Waals surface area contributed by atoms with Crippen LogP contribution < -0.4 is 14.2 Å². The highest BCUT2D eigenvalue weighted by Crippen LogP contribution is 2.32. The molecule has 0 aliphatic rings. The van der Waals surface area contributed by atoms with E-state index in [0.717, 1.165) is 27.4 Å². The summed E-state index contributed by atoms with van der Waals surface area (Å²) in [6.45, 7) is 1.96. The van der Waals surface area contributed by atoms with Crippen molar-refractivity contribution < 1.29 is 22.3 Å². The standard InChI is InChI=1S/C18H19FN2O4S2/c1-11(18-21-13-6-4-5-7-16(13)26-18)10-20-27(22,23)17-9-15(25-3)14(24-2)8-12(17)19/h4-9,11,20H,10H2,1-3H3. The van der Waals surface area contributed by atoms with E-state index >= 15 is 0 Å². The summed E-state index contributed by atoms with van der Waals surface area (Å²) in [4.78, 5) is 4.04. The highest BCUT2D eigenvalue weighted by Gasteiger charge is 2.24. The molecule has 1 aromatic heterocycles. The minimum atomic E-state index is -4.07. The minimum Gasteiger partial charge on any atom is -0.493 e. The van der Waals surface area contributed by atoms with Crippen LogP contribution >= 0.6 is 11.3 Å². The number of nitrogens with zero attached hydrogens (tertiary/aromatic N) is 1. The fourth-order valence-corrected chi connectivity index (χ4v) is 4.76. The number of thiazole rings is 1. The van der Waals surface area contributed by atoms with E-state index in [1.807, 2.05) is 31.2 Å². The second-order valence-corrected chi connectivity index (χ2v) is 8.71. The molecule has 144 valence electrons. The van der Waals surface area contributed by atoms with Crippen molar-refractivity contribution in [1.82, 2.24) is 9.71 Å². The Bertz CT molecular complexity index is 1030. The van der Waals surface area contributed by atoms with E-state index in [9.17, 15) is 12.8 Å². The van der Waals surface area contributed by atoms with E-state index in [1.54, 1.807) is 0 Å². The molecule has 0 aliphatic heterocycles. The summed E-state index contributed by atoms with van der Waals surface area (Å²) < 4.78 is 52.9. The van der Waals surface area contributed by atoms with Gasteiger partial charge in [-0.1, -0.05) is 19.1 Å². The zero-order valence-electron chi connectivity index (χ0n) is 15.0. The fraction of sp³-hybridized carbons (Fsp3) is 0.278. The first-order chi connectivity index (χ1) is 12.9. The lowest BCUT2D eigenvalue weighted by Crippen LogP contribution is -2.28. The molecule has 0 spiro atoms. The monoisotopic (exact) mass is 410 g/mol. The molecular weight excluding hydrogens is 391 g/mol. The van der Waals surface area contributed by atoms with E-state index in [-0.39, 0.29) is 24.0 Å². The number of aromatic nitrogens is 1. The van der Waals surface area contributed by atoms with Crippen molar-refractivity contribution in [3.8, 4) is 11.5 Å². The van der Waals surface area contributed by atoms with Crippen LogP contribution in [0.2, 0.25) is 0 Å². The second-order valence-electron chi connectivity index (χ2n) is 5.91. The summed E-state index contributed by atoms with van der Waals surface area (Å²) in [5, 5.41) is 0.812. The molecule has 0 aliphatic carbocycles. The minimum absolute atomic E-state index is 0.0932. The normalized spacial score (nSPS) is 12.9. The van der Waals surface area contributed by atoms with E-state index in [1.165, 1.54) is 25.6 Å². The first-order valence-corrected chi connectivity index (χ1v) is 10.4. The molecular formula is C18H19FN2O4S2. The highest BCUT2D eigenvalue weighted by atomic mass is 32.2. The molecule has 2 aromatic carbocycles. The maximum Gasteiger partial charge on any atom is 0.243 e. The number of sulfonamides is 1. The first-order valence-electron chi connectivity index (χ1n) is 8.12. The molecule has 9 heteroatoms. The van der Waals surface area contributed by atoms with Crippen molar-refractivity contribution in [2.75, 3.05) is 20.8 Å². The maximum absolute atomic E-state index is 14.3. The van der Waals surface area contributed by atoms with Crippen molar-refractivity contribution in [3.63, 3.8) is 0 Å². The average molecular weight is 410 g/mol. The Hall–Kier alpha value is -2.23. The molecule has 3 aromatic rings. The molecule has 1 unspecified atom stereocenters. The van der Waals surface area contributed by atoms with Gasteiger partial charge >= 0.3 is 0 Å². The van der Waals surface area contributed by atoms with Gasteiger partial charge in [-0.05, 0) is 12.1 Å². The summed E-state index contributed by atoms with van der Waals surface area (Å²) in [6, 6.07) is 9.80. The van der Waals surface area contributed by atoms with E-state index in [4.69, 9.17) is 9.47 Å². The number of hydrogen-bond donors (Lipinski definition) is 1. The molecule has 0 saturated carbocycles. The van der Waals surface area contributed by atoms with Crippen molar-refractivity contribution >= 4 is 31.6 Å². The number of halogens is 1. The lowest BCUT2D eigenvalue weighted by atomic mass is 10.2. The van der Waals surface area contributed by atoms with Crippen LogP contribution in [0.1, 0.15) is 17.8 Å². The average Bonchev–Trinajstić information content (AvgIpc) is 3.10. The highest BCUT2D eigenvalue weighted by molar-refractivity contribution is 7.89. The Kier molecular flexibility index (Phi) is 5.64. The van der Waals surface area contributed by atoms with Crippen molar-refractivity contribution in [2.45, 2.75) is 17.7 Å². The number of methoxy groups -OCH3 is 2.